The van der Waals surface area contributed by atoms with Crippen molar-refractivity contribution < 1.29 is 9.90 Å². The van der Waals surface area contributed by atoms with Crippen LogP contribution in [0.5, 0.6) is 0 Å². The van der Waals surface area contributed by atoms with Crippen LogP contribution in [0, 0.1) is 0 Å². The second-order valence-electron chi connectivity index (χ2n) is 2.69. The second kappa shape index (κ2) is 9.30. The van der Waals surface area contributed by atoms with Crippen LogP contribution >= 0.6 is 0 Å². The molecule has 0 bridgehead atoms. The first-order valence-electron chi connectivity index (χ1n) is 4.08. The van der Waals surface area contributed by atoms with E-state index in [2.05, 4.69) is 6.92 Å². The first-order valence-corrected chi connectivity index (χ1v) is 4.08. The summed E-state index contributed by atoms with van der Waals surface area (Å²) >= 11 is 0. The van der Waals surface area contributed by atoms with Crippen LogP contribution in [0.1, 0.15) is 39.5 Å². The quantitative estimate of drug-likeness (QED) is 0.399. The molecule has 0 aromatic rings. The largest absolute Gasteiger partial charge is 0.478 e. The molecule has 2 nitrogen and oxygen atoms in total. The molecule has 0 saturated heterocycles. The van der Waals surface area contributed by atoms with Gasteiger partial charge in [0.1, 0.15) is 0 Å². The van der Waals surface area contributed by atoms with E-state index in [1.54, 1.807) is 13.0 Å². The zero-order valence-corrected chi connectivity index (χ0v) is 10.3. The first kappa shape index (κ1) is 14.7. The van der Waals surface area contributed by atoms with E-state index in [-0.39, 0.29) is 29.6 Å². The number of carboxylic acid groups (broad SMARTS) is 1. The van der Waals surface area contributed by atoms with Crippen LogP contribution in [0.15, 0.2) is 11.6 Å². The molecule has 3 heteroatoms. The molecular weight excluding hydrogens is 163 g/mol. The molecule has 0 aromatic carbocycles. The standard InChI is InChI=1S/C9H16O2.Na/c1-3-4-5-6-7-8(2)9(10)11;/h7H,3-6H2,1-2H3,(H,10,11);. The van der Waals surface area contributed by atoms with Crippen LogP contribution in [0.25, 0.3) is 0 Å². The van der Waals surface area contributed by atoms with Gasteiger partial charge in [0.25, 0.3) is 0 Å². The summed E-state index contributed by atoms with van der Waals surface area (Å²) in [6, 6.07) is 0. The summed E-state index contributed by atoms with van der Waals surface area (Å²) in [7, 11) is 0. The molecule has 0 aliphatic heterocycles. The molecule has 65 valence electrons. The summed E-state index contributed by atoms with van der Waals surface area (Å²) in [5.41, 5.74) is 0.459. The number of hydrogen-bond acceptors (Lipinski definition) is 1. The molecular formula is C9H16NaO2. The zero-order chi connectivity index (χ0) is 8.69. The van der Waals surface area contributed by atoms with Crippen molar-refractivity contribution in [2.75, 3.05) is 0 Å². The molecule has 0 fully saturated rings. The second-order valence-corrected chi connectivity index (χ2v) is 2.69. The number of rotatable bonds is 5. The Labute approximate surface area is 96.3 Å². The summed E-state index contributed by atoms with van der Waals surface area (Å²) < 4.78 is 0. The first-order chi connectivity index (χ1) is 5.18. The summed E-state index contributed by atoms with van der Waals surface area (Å²) in [6.45, 7) is 3.77. The van der Waals surface area contributed by atoms with Gasteiger partial charge in [-0.05, 0) is 19.8 Å². The molecule has 12 heavy (non-hydrogen) atoms. The predicted octanol–water partition coefficient (Wildman–Crippen LogP) is 2.22. The van der Waals surface area contributed by atoms with E-state index < -0.39 is 5.97 Å². The molecule has 0 unspecified atom stereocenters. The topological polar surface area (TPSA) is 37.3 Å². The number of unbranched alkanes of at least 4 members (excludes halogenated alkanes) is 3. The Morgan fingerprint density at radius 3 is 2.42 bits per heavy atom. The third kappa shape index (κ3) is 8.31. The van der Waals surface area contributed by atoms with E-state index in [0.717, 1.165) is 12.8 Å². The fraction of sp³-hybridized carbons (Fsp3) is 0.667. The Morgan fingerprint density at radius 1 is 1.42 bits per heavy atom. The van der Waals surface area contributed by atoms with Crippen LogP contribution in [0.2, 0.25) is 0 Å². The number of allylic oxidation sites excluding steroid dienone is 1. The van der Waals surface area contributed by atoms with Gasteiger partial charge in [0, 0.05) is 35.1 Å². The summed E-state index contributed by atoms with van der Waals surface area (Å²) in [6.07, 6.45) is 6.15. The van der Waals surface area contributed by atoms with Gasteiger partial charge in [-0.25, -0.2) is 4.79 Å². The van der Waals surface area contributed by atoms with Crippen LogP contribution < -0.4 is 0 Å². The number of aliphatic carboxylic acids is 1. The molecule has 1 radical (unpaired) electrons. The van der Waals surface area contributed by atoms with Crippen molar-refractivity contribution in [3.63, 3.8) is 0 Å². The Bertz CT molecular complexity index is 153. The number of carboxylic acids is 1. The molecule has 0 amide bonds. The predicted molar refractivity (Wildman–Crippen MR) is 51.3 cm³/mol. The average molecular weight is 179 g/mol. The van der Waals surface area contributed by atoms with E-state index in [1.807, 2.05) is 0 Å². The summed E-state index contributed by atoms with van der Waals surface area (Å²) in [4.78, 5) is 10.3. The van der Waals surface area contributed by atoms with Gasteiger partial charge in [0.05, 0.1) is 0 Å². The van der Waals surface area contributed by atoms with E-state index in [9.17, 15) is 4.79 Å². The summed E-state index contributed by atoms with van der Waals surface area (Å²) in [5, 5.41) is 8.47. The Hall–Kier alpha value is 0.210. The van der Waals surface area contributed by atoms with Crippen LogP contribution in [-0.4, -0.2) is 40.6 Å². The third-order valence-corrected chi connectivity index (χ3v) is 1.60. The molecule has 0 saturated carbocycles. The van der Waals surface area contributed by atoms with Crippen molar-refractivity contribution >= 4 is 35.5 Å². The van der Waals surface area contributed by atoms with Gasteiger partial charge in [0.15, 0.2) is 0 Å². The van der Waals surface area contributed by atoms with Gasteiger partial charge in [-0.3, -0.25) is 0 Å². The SMILES string of the molecule is CCCCCC=C(C)C(=O)O.[Na]. The third-order valence-electron chi connectivity index (χ3n) is 1.60. The number of hydrogen-bond donors (Lipinski definition) is 1. The van der Waals surface area contributed by atoms with E-state index in [4.69, 9.17) is 5.11 Å². The number of carbonyl (C=O) groups is 1. The van der Waals surface area contributed by atoms with Crippen molar-refractivity contribution in [1.82, 2.24) is 0 Å². The monoisotopic (exact) mass is 179 g/mol. The smallest absolute Gasteiger partial charge is 0.330 e. The Kier molecular flexibility index (Phi) is 11.4. The van der Waals surface area contributed by atoms with Gasteiger partial charge in [-0.2, -0.15) is 0 Å². The van der Waals surface area contributed by atoms with Crippen molar-refractivity contribution in [2.45, 2.75) is 39.5 Å². The van der Waals surface area contributed by atoms with E-state index in [0.29, 0.717) is 5.57 Å². The van der Waals surface area contributed by atoms with Crippen LogP contribution in [0.4, 0.5) is 0 Å². The maximum Gasteiger partial charge on any atom is 0.330 e. The molecule has 0 aliphatic carbocycles. The van der Waals surface area contributed by atoms with Gasteiger partial charge < -0.3 is 5.11 Å². The van der Waals surface area contributed by atoms with Gasteiger partial charge in [-0.15, -0.1) is 0 Å². The average Bonchev–Trinajstić information content (AvgIpc) is 1.97. The molecule has 0 spiro atoms. The molecule has 0 atom stereocenters. The minimum Gasteiger partial charge on any atom is -0.478 e. The maximum absolute atomic E-state index is 10.3. The van der Waals surface area contributed by atoms with Crippen molar-refractivity contribution in [1.29, 1.82) is 0 Å². The molecule has 0 heterocycles. The van der Waals surface area contributed by atoms with E-state index in [1.165, 1.54) is 12.8 Å². The van der Waals surface area contributed by atoms with Gasteiger partial charge >= 0.3 is 5.97 Å². The summed E-state index contributed by atoms with van der Waals surface area (Å²) in [5.74, 6) is -0.804. The minimum atomic E-state index is -0.804. The van der Waals surface area contributed by atoms with Crippen LogP contribution in [0.3, 0.4) is 0 Å². The normalized spacial score (nSPS) is 10.7. The maximum atomic E-state index is 10.3. The van der Waals surface area contributed by atoms with E-state index >= 15 is 0 Å². The minimum absolute atomic E-state index is 0. The van der Waals surface area contributed by atoms with Gasteiger partial charge in [0.2, 0.25) is 0 Å². The zero-order valence-electron chi connectivity index (χ0n) is 8.26. The van der Waals surface area contributed by atoms with Crippen molar-refractivity contribution in [3.8, 4) is 0 Å². The molecule has 0 rings (SSSR count). The van der Waals surface area contributed by atoms with Crippen LogP contribution in [-0.2, 0) is 4.79 Å². The molecule has 0 aliphatic rings. The molecule has 0 aromatic heterocycles. The van der Waals surface area contributed by atoms with Crippen molar-refractivity contribution in [3.05, 3.63) is 11.6 Å². The fourth-order valence-corrected chi connectivity index (χ4v) is 0.800. The Balaban J connectivity index is 0. The fourth-order valence-electron chi connectivity index (χ4n) is 0.800. The van der Waals surface area contributed by atoms with Gasteiger partial charge in [-0.1, -0.05) is 25.8 Å². The Morgan fingerprint density at radius 2 is 2.00 bits per heavy atom. The van der Waals surface area contributed by atoms with Crippen molar-refractivity contribution in [2.24, 2.45) is 0 Å². The molecule has 1 N–H and O–H groups in total.